The summed E-state index contributed by atoms with van der Waals surface area (Å²) < 4.78 is 0. The average molecular weight is 233 g/mol. The largest absolute Gasteiger partial charge is 0.315 e. The van der Waals surface area contributed by atoms with Gasteiger partial charge in [0, 0.05) is 30.4 Å². The third-order valence-corrected chi connectivity index (χ3v) is 3.66. The van der Waals surface area contributed by atoms with Crippen molar-refractivity contribution in [2.24, 2.45) is 0 Å². The molecule has 1 aliphatic rings. The van der Waals surface area contributed by atoms with Gasteiger partial charge in [-0.1, -0.05) is 6.07 Å². The zero-order valence-electron chi connectivity index (χ0n) is 11.1. The third kappa shape index (κ3) is 2.85. The normalized spacial score (nSPS) is 21.3. The van der Waals surface area contributed by atoms with Crippen LogP contribution in [0.3, 0.4) is 0 Å². The summed E-state index contributed by atoms with van der Waals surface area (Å²) in [7, 11) is 6.32. The molecule has 2 unspecified atom stereocenters. The Hall–Kier alpha value is -0.930. The number of nitrogens with one attached hydrogen (secondary N) is 1. The van der Waals surface area contributed by atoms with Gasteiger partial charge in [-0.25, -0.2) is 0 Å². The molecular weight excluding hydrogens is 210 g/mol. The number of nitrogens with zero attached hydrogens (tertiary/aromatic N) is 2. The van der Waals surface area contributed by atoms with Crippen molar-refractivity contribution in [3.05, 3.63) is 29.6 Å². The highest BCUT2D eigenvalue weighted by Crippen LogP contribution is 2.32. The van der Waals surface area contributed by atoms with Gasteiger partial charge in [0.2, 0.25) is 0 Å². The molecule has 1 heterocycles. The van der Waals surface area contributed by atoms with Crippen molar-refractivity contribution in [2.45, 2.75) is 31.2 Å². The molecule has 0 aromatic carbocycles. The molecule has 0 bridgehead atoms. The Morgan fingerprint density at radius 2 is 2.35 bits per heavy atom. The molecule has 0 aliphatic heterocycles. The van der Waals surface area contributed by atoms with Crippen molar-refractivity contribution in [2.75, 3.05) is 27.7 Å². The van der Waals surface area contributed by atoms with Crippen LogP contribution in [-0.4, -0.2) is 43.6 Å². The maximum Gasteiger partial charge on any atom is 0.0482 e. The van der Waals surface area contributed by atoms with Crippen LogP contribution in [0.4, 0.5) is 0 Å². The summed E-state index contributed by atoms with van der Waals surface area (Å²) in [6, 6.07) is 4.79. The molecule has 0 amide bonds. The van der Waals surface area contributed by atoms with Gasteiger partial charge < -0.3 is 10.2 Å². The summed E-state index contributed by atoms with van der Waals surface area (Å²) in [5.74, 6) is 0.562. The predicted molar refractivity (Wildman–Crippen MR) is 71.3 cm³/mol. The summed E-state index contributed by atoms with van der Waals surface area (Å²) in [4.78, 5) is 6.87. The lowest BCUT2D eigenvalue weighted by molar-refractivity contribution is 0.300. The number of likely N-dealkylation sites (N-methyl/N-ethyl adjacent to an activating group) is 2. The van der Waals surface area contributed by atoms with Crippen LogP contribution < -0.4 is 5.32 Å². The average Bonchev–Trinajstić information content (AvgIpc) is 2.35. The number of rotatable bonds is 4. The molecule has 0 saturated carbocycles. The number of fused-ring (bicyclic) bond motifs is 1. The number of aryl methyl sites for hydroxylation is 1. The van der Waals surface area contributed by atoms with Crippen LogP contribution in [0.15, 0.2) is 18.3 Å². The number of pyridine rings is 1. The molecule has 94 valence electrons. The molecular formula is C14H23N3. The minimum Gasteiger partial charge on any atom is -0.315 e. The Balaban J connectivity index is 2.21. The van der Waals surface area contributed by atoms with Crippen LogP contribution in [-0.2, 0) is 6.42 Å². The quantitative estimate of drug-likeness (QED) is 0.857. The molecule has 1 aromatic rings. The van der Waals surface area contributed by atoms with Gasteiger partial charge in [-0.15, -0.1) is 0 Å². The van der Waals surface area contributed by atoms with Crippen molar-refractivity contribution in [3.8, 4) is 0 Å². The maximum atomic E-state index is 4.62. The minimum absolute atomic E-state index is 0.499. The van der Waals surface area contributed by atoms with Gasteiger partial charge in [0.05, 0.1) is 0 Å². The number of aromatic nitrogens is 1. The third-order valence-electron chi connectivity index (χ3n) is 3.66. The number of hydrogen-bond donors (Lipinski definition) is 1. The summed E-state index contributed by atoms with van der Waals surface area (Å²) in [5.41, 5.74) is 2.77. The molecule has 17 heavy (non-hydrogen) atoms. The monoisotopic (exact) mass is 233 g/mol. The fraction of sp³-hybridized carbons (Fsp3) is 0.643. The molecule has 2 rings (SSSR count). The smallest absolute Gasteiger partial charge is 0.0482 e. The first-order chi connectivity index (χ1) is 8.22. The fourth-order valence-electron chi connectivity index (χ4n) is 2.85. The highest BCUT2D eigenvalue weighted by molar-refractivity contribution is 5.27. The van der Waals surface area contributed by atoms with E-state index in [2.05, 4.69) is 48.5 Å². The van der Waals surface area contributed by atoms with Crippen molar-refractivity contribution in [1.29, 1.82) is 0 Å². The van der Waals surface area contributed by atoms with Crippen LogP contribution in [0.2, 0.25) is 0 Å². The van der Waals surface area contributed by atoms with E-state index in [0.29, 0.717) is 12.0 Å². The predicted octanol–water partition coefficient (Wildman–Crippen LogP) is 1.65. The first kappa shape index (κ1) is 12.5. The van der Waals surface area contributed by atoms with Crippen molar-refractivity contribution >= 4 is 0 Å². The van der Waals surface area contributed by atoms with Gasteiger partial charge in [0.25, 0.3) is 0 Å². The zero-order chi connectivity index (χ0) is 12.3. The van der Waals surface area contributed by atoms with Crippen LogP contribution >= 0.6 is 0 Å². The Morgan fingerprint density at radius 3 is 3.06 bits per heavy atom. The summed E-state index contributed by atoms with van der Waals surface area (Å²) >= 11 is 0. The fourth-order valence-corrected chi connectivity index (χ4v) is 2.85. The molecule has 2 atom stereocenters. The summed E-state index contributed by atoms with van der Waals surface area (Å²) in [6.45, 7) is 1.07. The zero-order valence-corrected chi connectivity index (χ0v) is 11.1. The lowest BCUT2D eigenvalue weighted by Crippen LogP contribution is -2.42. The van der Waals surface area contributed by atoms with E-state index < -0.39 is 0 Å². The maximum absolute atomic E-state index is 4.62. The molecule has 0 radical (unpaired) electrons. The van der Waals surface area contributed by atoms with E-state index in [9.17, 15) is 0 Å². The molecule has 1 aromatic heterocycles. The van der Waals surface area contributed by atoms with Gasteiger partial charge in [-0.05, 0) is 52.0 Å². The van der Waals surface area contributed by atoms with E-state index in [1.807, 2.05) is 6.20 Å². The molecule has 3 nitrogen and oxygen atoms in total. The van der Waals surface area contributed by atoms with Crippen molar-refractivity contribution < 1.29 is 0 Å². The molecule has 0 saturated heterocycles. The van der Waals surface area contributed by atoms with E-state index >= 15 is 0 Å². The number of hydrogen-bond acceptors (Lipinski definition) is 3. The molecule has 0 fully saturated rings. The van der Waals surface area contributed by atoms with Crippen LogP contribution in [0, 0.1) is 0 Å². The molecule has 1 aliphatic carbocycles. The minimum atomic E-state index is 0.499. The second-order valence-electron chi connectivity index (χ2n) is 5.20. The molecule has 1 N–H and O–H groups in total. The Morgan fingerprint density at radius 1 is 1.53 bits per heavy atom. The van der Waals surface area contributed by atoms with Gasteiger partial charge >= 0.3 is 0 Å². The van der Waals surface area contributed by atoms with Gasteiger partial charge in [-0.3, -0.25) is 4.98 Å². The van der Waals surface area contributed by atoms with Crippen LogP contribution in [0.5, 0.6) is 0 Å². The van der Waals surface area contributed by atoms with E-state index in [1.54, 1.807) is 0 Å². The standard InChI is InChI=1S/C14H23N3/c1-15-13(10-17(2)3)12-8-4-6-11-7-5-9-16-14(11)12/h5,7,9,12-13,15H,4,6,8,10H2,1-3H3. The highest BCUT2D eigenvalue weighted by atomic mass is 15.1. The second kappa shape index (κ2) is 5.61. The summed E-state index contributed by atoms with van der Waals surface area (Å²) in [5, 5.41) is 3.46. The van der Waals surface area contributed by atoms with Gasteiger partial charge in [0.15, 0.2) is 0 Å². The second-order valence-corrected chi connectivity index (χ2v) is 5.20. The Kier molecular flexibility index (Phi) is 4.13. The highest BCUT2D eigenvalue weighted by Gasteiger charge is 2.28. The van der Waals surface area contributed by atoms with Crippen LogP contribution in [0.25, 0.3) is 0 Å². The Bertz CT molecular complexity index is 362. The van der Waals surface area contributed by atoms with E-state index in [4.69, 9.17) is 0 Å². The first-order valence-corrected chi connectivity index (χ1v) is 6.48. The first-order valence-electron chi connectivity index (χ1n) is 6.48. The van der Waals surface area contributed by atoms with E-state index in [1.165, 1.54) is 30.5 Å². The van der Waals surface area contributed by atoms with E-state index in [-0.39, 0.29) is 0 Å². The van der Waals surface area contributed by atoms with Gasteiger partial charge in [-0.2, -0.15) is 0 Å². The SMILES string of the molecule is CNC(CN(C)C)C1CCCc2cccnc21. The van der Waals surface area contributed by atoms with Crippen molar-refractivity contribution in [1.82, 2.24) is 15.2 Å². The van der Waals surface area contributed by atoms with Crippen LogP contribution in [0.1, 0.15) is 30.0 Å². The topological polar surface area (TPSA) is 28.2 Å². The van der Waals surface area contributed by atoms with E-state index in [0.717, 1.165) is 6.54 Å². The lowest BCUT2D eigenvalue weighted by atomic mass is 9.82. The molecule has 0 spiro atoms. The summed E-state index contributed by atoms with van der Waals surface area (Å²) in [6.07, 6.45) is 5.66. The van der Waals surface area contributed by atoms with Crippen molar-refractivity contribution in [3.63, 3.8) is 0 Å². The Labute approximate surface area is 104 Å². The molecule has 3 heteroatoms. The van der Waals surface area contributed by atoms with Gasteiger partial charge in [0.1, 0.15) is 0 Å². The lowest BCUT2D eigenvalue weighted by Gasteiger charge is -2.32.